The molecule has 3 rings (SSSR count). The van der Waals surface area contributed by atoms with Crippen LogP contribution in [0.15, 0.2) is 0 Å². The molecule has 3 fully saturated rings. The van der Waals surface area contributed by atoms with Crippen LogP contribution in [0.1, 0.15) is 52.4 Å². The lowest BCUT2D eigenvalue weighted by Gasteiger charge is -2.48. The first-order chi connectivity index (χ1) is 7.67. The molecule has 1 unspecified atom stereocenters. The first kappa shape index (κ1) is 11.0. The Morgan fingerprint density at radius 3 is 2.19 bits per heavy atom. The van der Waals surface area contributed by atoms with E-state index in [0.29, 0.717) is 5.41 Å². The summed E-state index contributed by atoms with van der Waals surface area (Å²) in [5.74, 6) is 1.52. The van der Waals surface area contributed by atoms with Crippen LogP contribution in [0.25, 0.3) is 0 Å². The van der Waals surface area contributed by atoms with Crippen molar-refractivity contribution in [3.63, 3.8) is 0 Å². The maximum absolute atomic E-state index is 5.94. The molecule has 3 aliphatic rings. The highest BCUT2D eigenvalue weighted by molar-refractivity contribution is 5.01. The van der Waals surface area contributed by atoms with Gasteiger partial charge in [0.05, 0.1) is 13.2 Å². The molecule has 16 heavy (non-hydrogen) atoms. The van der Waals surface area contributed by atoms with Crippen LogP contribution in [0.4, 0.5) is 0 Å². The molecular formula is C14H24O2. The van der Waals surface area contributed by atoms with Gasteiger partial charge < -0.3 is 9.47 Å². The molecule has 0 radical (unpaired) electrons. The molecule has 1 heterocycles. The highest BCUT2D eigenvalue weighted by Gasteiger charge is 2.54. The van der Waals surface area contributed by atoms with E-state index < -0.39 is 0 Å². The average Bonchev–Trinajstić information content (AvgIpc) is 2.81. The van der Waals surface area contributed by atoms with E-state index in [9.17, 15) is 0 Å². The zero-order valence-electron chi connectivity index (χ0n) is 10.6. The van der Waals surface area contributed by atoms with E-state index in [1.165, 1.54) is 25.7 Å². The second-order valence-electron chi connectivity index (χ2n) is 6.25. The predicted molar refractivity (Wildman–Crippen MR) is 63.1 cm³/mol. The molecule has 2 heteroatoms. The summed E-state index contributed by atoms with van der Waals surface area (Å²) in [7, 11) is 0. The number of hydrogen-bond donors (Lipinski definition) is 0. The number of hydrogen-bond acceptors (Lipinski definition) is 2. The molecule has 1 saturated heterocycles. The maximum atomic E-state index is 5.94. The van der Waals surface area contributed by atoms with E-state index in [1.807, 2.05) is 0 Å². The van der Waals surface area contributed by atoms with E-state index in [0.717, 1.165) is 37.9 Å². The van der Waals surface area contributed by atoms with Crippen molar-refractivity contribution in [2.24, 2.45) is 17.3 Å². The van der Waals surface area contributed by atoms with Gasteiger partial charge in [-0.15, -0.1) is 0 Å². The molecular weight excluding hydrogens is 200 g/mol. The quantitative estimate of drug-likeness (QED) is 0.628. The Labute approximate surface area is 98.7 Å². The predicted octanol–water partition coefficient (Wildman–Crippen LogP) is 3.36. The second kappa shape index (κ2) is 3.71. The van der Waals surface area contributed by atoms with Crippen molar-refractivity contribution in [3.8, 4) is 0 Å². The van der Waals surface area contributed by atoms with Gasteiger partial charge in [-0.25, -0.2) is 0 Å². The Bertz CT molecular complexity index is 258. The van der Waals surface area contributed by atoms with E-state index in [4.69, 9.17) is 9.47 Å². The Morgan fingerprint density at radius 1 is 0.938 bits per heavy atom. The van der Waals surface area contributed by atoms with Gasteiger partial charge in [0.2, 0.25) is 0 Å². The van der Waals surface area contributed by atoms with E-state index in [1.54, 1.807) is 0 Å². The standard InChI is InChI=1S/C14H24O2/c1-11-4-5-12(2)13(11)6-3-7-14(10-13)15-8-9-16-14/h11-12H,3-10H2,1-2H3/t11-,12+,13?. The molecule has 0 aromatic rings. The summed E-state index contributed by atoms with van der Waals surface area (Å²) in [5, 5.41) is 0. The molecule has 1 aliphatic heterocycles. The fourth-order valence-corrected chi connectivity index (χ4v) is 4.51. The van der Waals surface area contributed by atoms with Crippen LogP contribution in [0.5, 0.6) is 0 Å². The van der Waals surface area contributed by atoms with Gasteiger partial charge in [-0.2, -0.15) is 0 Å². The summed E-state index contributed by atoms with van der Waals surface area (Å²) in [4.78, 5) is 0. The van der Waals surface area contributed by atoms with Crippen LogP contribution in [0.3, 0.4) is 0 Å². The summed E-state index contributed by atoms with van der Waals surface area (Å²) < 4.78 is 11.9. The largest absolute Gasteiger partial charge is 0.348 e. The SMILES string of the molecule is C[C@@H]1CC[C@H](C)C12CCCC1(C2)OCCO1. The third-order valence-corrected chi connectivity index (χ3v) is 5.61. The molecule has 92 valence electrons. The third kappa shape index (κ3) is 1.46. The molecule has 2 spiro atoms. The van der Waals surface area contributed by atoms with Gasteiger partial charge >= 0.3 is 0 Å². The van der Waals surface area contributed by atoms with Gasteiger partial charge in [0, 0.05) is 12.8 Å². The highest BCUT2D eigenvalue weighted by atomic mass is 16.7. The van der Waals surface area contributed by atoms with Crippen LogP contribution in [-0.4, -0.2) is 19.0 Å². The van der Waals surface area contributed by atoms with Gasteiger partial charge in [-0.3, -0.25) is 0 Å². The van der Waals surface area contributed by atoms with Crippen molar-refractivity contribution >= 4 is 0 Å². The van der Waals surface area contributed by atoms with Crippen molar-refractivity contribution in [3.05, 3.63) is 0 Å². The van der Waals surface area contributed by atoms with Crippen molar-refractivity contribution in [1.29, 1.82) is 0 Å². The summed E-state index contributed by atoms with van der Waals surface area (Å²) in [6.07, 6.45) is 7.75. The molecule has 0 N–H and O–H groups in total. The fourth-order valence-electron chi connectivity index (χ4n) is 4.51. The average molecular weight is 224 g/mol. The minimum absolute atomic E-state index is 0.189. The summed E-state index contributed by atoms with van der Waals surface area (Å²) in [5.41, 5.74) is 0.516. The lowest BCUT2D eigenvalue weighted by Crippen LogP contribution is -2.45. The van der Waals surface area contributed by atoms with Crippen LogP contribution >= 0.6 is 0 Å². The Kier molecular flexibility index (Phi) is 2.56. The summed E-state index contributed by atoms with van der Waals surface area (Å²) in [6.45, 7) is 6.49. The smallest absolute Gasteiger partial charge is 0.169 e. The number of ether oxygens (including phenoxy) is 2. The minimum Gasteiger partial charge on any atom is -0.348 e. The van der Waals surface area contributed by atoms with Crippen LogP contribution in [0.2, 0.25) is 0 Å². The van der Waals surface area contributed by atoms with Gasteiger partial charge in [-0.1, -0.05) is 13.8 Å². The zero-order valence-corrected chi connectivity index (χ0v) is 10.6. The lowest BCUT2D eigenvalue weighted by atomic mass is 9.62. The van der Waals surface area contributed by atoms with Gasteiger partial charge in [0.25, 0.3) is 0 Å². The monoisotopic (exact) mass is 224 g/mol. The summed E-state index contributed by atoms with van der Waals surface area (Å²) in [6, 6.07) is 0. The van der Waals surface area contributed by atoms with E-state index in [2.05, 4.69) is 13.8 Å². The van der Waals surface area contributed by atoms with Crippen molar-refractivity contribution < 1.29 is 9.47 Å². The molecule has 0 aromatic carbocycles. The molecule has 2 saturated carbocycles. The third-order valence-electron chi connectivity index (χ3n) is 5.61. The van der Waals surface area contributed by atoms with Crippen molar-refractivity contribution in [2.75, 3.05) is 13.2 Å². The van der Waals surface area contributed by atoms with Crippen molar-refractivity contribution in [1.82, 2.24) is 0 Å². The van der Waals surface area contributed by atoms with Crippen LogP contribution in [-0.2, 0) is 9.47 Å². The first-order valence-corrected chi connectivity index (χ1v) is 6.95. The van der Waals surface area contributed by atoms with Gasteiger partial charge in [-0.05, 0) is 42.9 Å². The lowest BCUT2D eigenvalue weighted by molar-refractivity contribution is -0.211. The van der Waals surface area contributed by atoms with Crippen LogP contribution < -0.4 is 0 Å². The molecule has 2 aliphatic carbocycles. The van der Waals surface area contributed by atoms with E-state index in [-0.39, 0.29) is 5.79 Å². The number of rotatable bonds is 0. The normalized spacial score (nSPS) is 46.9. The van der Waals surface area contributed by atoms with Gasteiger partial charge in [0.15, 0.2) is 5.79 Å². The first-order valence-electron chi connectivity index (χ1n) is 6.95. The Balaban J connectivity index is 1.85. The fraction of sp³-hybridized carbons (Fsp3) is 1.00. The Morgan fingerprint density at radius 2 is 1.56 bits per heavy atom. The molecule has 2 nitrogen and oxygen atoms in total. The topological polar surface area (TPSA) is 18.5 Å². The minimum atomic E-state index is -0.189. The molecule has 0 aromatic heterocycles. The highest BCUT2D eigenvalue weighted by Crippen LogP contribution is 2.59. The zero-order chi connectivity index (χ0) is 11.2. The molecule has 3 atom stereocenters. The van der Waals surface area contributed by atoms with Crippen molar-refractivity contribution in [2.45, 2.75) is 58.2 Å². The second-order valence-corrected chi connectivity index (χ2v) is 6.25. The molecule has 0 amide bonds. The van der Waals surface area contributed by atoms with Crippen LogP contribution in [0, 0.1) is 17.3 Å². The van der Waals surface area contributed by atoms with E-state index >= 15 is 0 Å². The molecule has 0 bridgehead atoms. The summed E-state index contributed by atoms with van der Waals surface area (Å²) >= 11 is 0. The Hall–Kier alpha value is -0.0800. The van der Waals surface area contributed by atoms with Gasteiger partial charge in [0.1, 0.15) is 0 Å². The maximum Gasteiger partial charge on any atom is 0.169 e.